The Morgan fingerprint density at radius 1 is 0.345 bits per heavy atom. The number of carbonyl (C=O) groups excluding carboxylic acids is 8. The molecule has 25 nitrogen and oxygen atoms in total. The zero-order chi connectivity index (χ0) is 81.9. The largest absolute Gasteiger partial charge is 0.469 e. The number of fused-ring (bicyclic) bond motifs is 18. The van der Waals surface area contributed by atoms with E-state index in [0.717, 1.165) is 0 Å². The van der Waals surface area contributed by atoms with E-state index in [2.05, 4.69) is 90.8 Å². The molecule has 5 aliphatic heterocycles. The van der Waals surface area contributed by atoms with Crippen LogP contribution >= 0.6 is 0 Å². The summed E-state index contributed by atoms with van der Waals surface area (Å²) >= 11 is 0. The maximum absolute atomic E-state index is 15.6. The molecule has 600 valence electrons. The molecule has 15 rings (SSSR count). The van der Waals surface area contributed by atoms with Crippen LogP contribution in [0.4, 0.5) is 34.1 Å². The van der Waals surface area contributed by atoms with E-state index in [9.17, 15) is 33.6 Å². The van der Waals surface area contributed by atoms with Gasteiger partial charge in [-0.15, -0.1) is 0 Å². The standard InChI is InChI=1S/C91H94N8O17/c1-15-44-48-25-50-45(16-2)52-27-54-47(18-4)55-28-53-46(17-3)51-26-49(44)65-38-67(51)112-76-33-60(96-84(104)23-9)61(97-85(105)24-10)34-77(76)114-69(53)40-71(55)116-79-36-63-62(98-86-89(11)41-90(12,87(106)99(63)86)43-91(13,42-89)88(107)108-14)35-78(79)115-70(54)39-68(52)113-75-32-59(95-83(103)22-8)58(94-82(102)21-7)31-74(75)111-66(50)37-64(48)109-72-29-56(92-80(100)19-5)57(30-73(72)110-65)93-81(101)20-6/h25-40,44-47H,15-24,41-43H2,1-14H3,(H,92,100)(H,93,101)(H,94,102)(H,95,103)(H,96,104)(H,97,105). The van der Waals surface area contributed by atoms with Crippen LogP contribution in [-0.2, 0) is 43.7 Å². The molecule has 6 N–H and O–H groups in total. The first kappa shape index (κ1) is 77.5. The Kier molecular flexibility index (Phi) is 19.9. The van der Waals surface area contributed by atoms with Crippen LogP contribution in [0, 0.1) is 10.8 Å². The molecule has 1 aliphatic carbocycles. The fourth-order valence-corrected chi connectivity index (χ4v) is 18.5. The topological polar surface area (TPSA) is 310 Å². The highest BCUT2D eigenvalue weighted by Gasteiger charge is 2.61. The van der Waals surface area contributed by atoms with E-state index in [-0.39, 0.29) is 166 Å². The van der Waals surface area contributed by atoms with Gasteiger partial charge in [-0.05, 0) is 76.1 Å². The van der Waals surface area contributed by atoms with E-state index in [1.165, 1.54) is 7.11 Å². The van der Waals surface area contributed by atoms with Crippen molar-refractivity contribution >= 4 is 92.5 Å². The third kappa shape index (κ3) is 13.3. The van der Waals surface area contributed by atoms with Crippen molar-refractivity contribution in [3.63, 3.8) is 0 Å². The highest BCUT2D eigenvalue weighted by Crippen LogP contribution is 2.63. The van der Waals surface area contributed by atoms with Crippen LogP contribution in [0.25, 0.3) is 11.0 Å². The number of anilines is 6. The summed E-state index contributed by atoms with van der Waals surface area (Å²) in [5.74, 6) is -0.800. The summed E-state index contributed by atoms with van der Waals surface area (Å²) in [5, 5.41) is 18.0. The van der Waals surface area contributed by atoms with Gasteiger partial charge in [0.05, 0.1) is 57.7 Å². The molecule has 2 bridgehead atoms. The van der Waals surface area contributed by atoms with E-state index in [0.29, 0.717) is 146 Å². The number of methoxy groups -OCH3 is 1. The Bertz CT molecular complexity index is 5690. The van der Waals surface area contributed by atoms with Crippen molar-refractivity contribution in [2.75, 3.05) is 39.0 Å². The number of nitrogens with zero attached hydrogens (tertiary/aromatic N) is 2. The second kappa shape index (κ2) is 29.8. The molecule has 25 heteroatoms. The summed E-state index contributed by atoms with van der Waals surface area (Å²) in [6.07, 6.45) is 3.35. The second-order valence-corrected chi connectivity index (χ2v) is 31.9. The van der Waals surface area contributed by atoms with Gasteiger partial charge in [-0.3, -0.25) is 42.9 Å². The SMILES string of the molecule is CCC(=O)Nc1cc2c(cc1NC(=O)CC)Oc1cc3c4cc1C(CC)c1cc5c(cc1O2)Oc1cc(NC(=O)CC)c(NC(=O)CC)cc1Oc1cc2c(cc1C5CC)C(CC)c1cc(c(cc1Oc1cc5c(cc1O2)nc1n5C(=O)C2(C)CC(C)(C(=O)OC)CC1(C)C2)Oc1cc(NC(=O)CC)c(NC(=O)CC)cc1O3)C4CC. The highest BCUT2D eigenvalue weighted by molar-refractivity contribution is 6.04. The molecule has 0 spiro atoms. The van der Waals surface area contributed by atoms with Gasteiger partial charge in [0.2, 0.25) is 41.4 Å². The molecule has 1 aromatic heterocycles. The molecule has 116 heavy (non-hydrogen) atoms. The number of rotatable bonds is 17. The summed E-state index contributed by atoms with van der Waals surface area (Å²) in [6, 6.07) is 29.2. The minimum atomic E-state index is -1.02. The van der Waals surface area contributed by atoms with E-state index in [1.54, 1.807) is 94.6 Å². The molecule has 0 saturated heterocycles. The Morgan fingerprint density at radius 2 is 0.586 bits per heavy atom. The van der Waals surface area contributed by atoms with E-state index in [1.807, 2.05) is 38.1 Å². The van der Waals surface area contributed by atoms with Crippen LogP contribution in [0.5, 0.6) is 92.0 Å². The lowest BCUT2D eigenvalue weighted by Crippen LogP contribution is -2.56. The fraction of sp³-hybridized carbons (Fsp3) is 0.374. The Morgan fingerprint density at radius 3 is 0.828 bits per heavy atom. The third-order valence-corrected chi connectivity index (χ3v) is 23.8. The summed E-state index contributed by atoms with van der Waals surface area (Å²) in [5.41, 5.74) is 4.97. The maximum Gasteiger partial charge on any atom is 0.311 e. The average molecular weight is 1570 g/mol. The normalized spacial score (nSPS) is 20.3. The molecule has 1 saturated carbocycles. The first-order chi connectivity index (χ1) is 55.7. The van der Waals surface area contributed by atoms with Gasteiger partial charge in [0.25, 0.3) is 0 Å². The van der Waals surface area contributed by atoms with Crippen LogP contribution in [0.3, 0.4) is 0 Å². The van der Waals surface area contributed by atoms with Crippen molar-refractivity contribution in [2.24, 2.45) is 10.8 Å². The highest BCUT2D eigenvalue weighted by atomic mass is 16.6. The Hall–Kier alpha value is -12.4. The number of carbonyl (C=O) groups is 8. The predicted molar refractivity (Wildman–Crippen MR) is 438 cm³/mol. The molecule has 6 amide bonds. The maximum atomic E-state index is 15.6. The number of aromatic nitrogens is 2. The van der Waals surface area contributed by atoms with Gasteiger partial charge in [0, 0.05) is 190 Å². The third-order valence-electron chi connectivity index (χ3n) is 23.8. The molecule has 9 aromatic rings. The zero-order valence-electron chi connectivity index (χ0n) is 67.6. The van der Waals surface area contributed by atoms with Gasteiger partial charge in [0.1, 0.15) is 51.8 Å². The van der Waals surface area contributed by atoms with E-state index >= 15 is 4.79 Å². The monoisotopic (exact) mass is 1570 g/mol. The number of hydrogen-bond donors (Lipinski definition) is 6. The first-order valence-electron chi connectivity index (χ1n) is 40.4. The van der Waals surface area contributed by atoms with Crippen molar-refractivity contribution in [1.29, 1.82) is 0 Å². The summed E-state index contributed by atoms with van der Waals surface area (Å²) in [4.78, 5) is 117. The van der Waals surface area contributed by atoms with Crippen LogP contribution in [0.1, 0.15) is 252 Å². The molecule has 6 aliphatic rings. The number of imidazole rings is 1. The van der Waals surface area contributed by atoms with Gasteiger partial charge in [0.15, 0.2) is 46.0 Å². The molecule has 6 heterocycles. The molecule has 8 aromatic carbocycles. The smallest absolute Gasteiger partial charge is 0.311 e. The number of nitrogens with one attached hydrogen (secondary N) is 6. The molecule has 7 atom stereocenters. The first-order valence-corrected chi connectivity index (χ1v) is 40.4. The quantitative estimate of drug-likeness (QED) is 0.0461. The molecular weight excluding hydrogens is 1480 g/mol. The van der Waals surface area contributed by atoms with E-state index in [4.69, 9.17) is 47.6 Å². The van der Waals surface area contributed by atoms with Gasteiger partial charge in [-0.1, -0.05) is 83.1 Å². The Labute approximate surface area is 671 Å². The van der Waals surface area contributed by atoms with Crippen molar-refractivity contribution < 1.29 is 81.0 Å². The van der Waals surface area contributed by atoms with Crippen LogP contribution in [-0.4, -0.2) is 64.0 Å². The lowest BCUT2D eigenvalue weighted by atomic mass is 9.52. The summed E-state index contributed by atoms with van der Waals surface area (Å²) in [6.45, 7) is 24.5. The number of esters is 1. The van der Waals surface area contributed by atoms with Crippen LogP contribution in [0.15, 0.2) is 97.1 Å². The lowest BCUT2D eigenvalue weighted by Gasteiger charge is -2.53. The summed E-state index contributed by atoms with van der Waals surface area (Å²) < 4.78 is 66.9. The van der Waals surface area contributed by atoms with Crippen molar-refractivity contribution in [3.8, 4) is 92.0 Å². The molecular formula is C91H94N8O17. The molecule has 7 unspecified atom stereocenters. The number of hydrogen-bond acceptors (Lipinski definition) is 18. The zero-order valence-corrected chi connectivity index (χ0v) is 67.6. The van der Waals surface area contributed by atoms with Gasteiger partial charge in [-0.2, -0.15) is 0 Å². The minimum absolute atomic E-state index is 0.0985. The molecule has 0 radical (unpaired) electrons. The lowest BCUT2D eigenvalue weighted by molar-refractivity contribution is -0.158. The number of benzene rings is 8. The average Bonchev–Trinajstić information content (AvgIpc) is 1.45. The van der Waals surface area contributed by atoms with Gasteiger partial charge >= 0.3 is 5.97 Å². The van der Waals surface area contributed by atoms with Crippen molar-refractivity contribution in [1.82, 2.24) is 9.55 Å². The Balaban J connectivity index is 1.05. The predicted octanol–water partition coefficient (Wildman–Crippen LogP) is 21.5. The van der Waals surface area contributed by atoms with Crippen LogP contribution < -0.4 is 69.8 Å². The number of amides is 6. The fourth-order valence-electron chi connectivity index (χ4n) is 18.5. The van der Waals surface area contributed by atoms with Crippen molar-refractivity contribution in [3.05, 3.63) is 147 Å². The van der Waals surface area contributed by atoms with E-state index < -0.39 is 45.9 Å². The van der Waals surface area contributed by atoms with Gasteiger partial charge in [-0.25, -0.2) is 4.98 Å². The minimum Gasteiger partial charge on any atom is -0.469 e. The van der Waals surface area contributed by atoms with Crippen LogP contribution in [0.2, 0.25) is 0 Å². The molecule has 1 fully saturated rings. The number of ether oxygens (including phenoxy) is 9. The second-order valence-electron chi connectivity index (χ2n) is 31.9. The van der Waals surface area contributed by atoms with Crippen molar-refractivity contribution in [2.45, 2.75) is 203 Å². The van der Waals surface area contributed by atoms with Gasteiger partial charge < -0.3 is 74.5 Å². The summed E-state index contributed by atoms with van der Waals surface area (Å²) in [7, 11) is 1.37.